The SMILES string of the molecule is C[SiH](C)O[C@@]1(Cc2ccc(COC3CCCCO3)cc2)C[C@H](C(C)(C)C)CN1C(=O)OC(C)(C)C. The third kappa shape index (κ3) is 8.04. The molecule has 2 fully saturated rings. The van der Waals surface area contributed by atoms with Crippen LogP contribution in [0.15, 0.2) is 24.3 Å². The summed E-state index contributed by atoms with van der Waals surface area (Å²) in [5, 5.41) is 0. The maximum Gasteiger partial charge on any atom is 0.412 e. The predicted molar refractivity (Wildman–Crippen MR) is 142 cm³/mol. The Morgan fingerprint density at radius 1 is 1.09 bits per heavy atom. The third-order valence-corrected chi connectivity index (χ3v) is 7.74. The lowest BCUT2D eigenvalue weighted by Gasteiger charge is -2.40. The van der Waals surface area contributed by atoms with Crippen molar-refractivity contribution in [3.63, 3.8) is 0 Å². The first kappa shape index (κ1) is 28.2. The minimum Gasteiger partial charge on any atom is -0.444 e. The second-order valence-corrected chi connectivity index (χ2v) is 14.9. The number of hydrogen-bond acceptors (Lipinski definition) is 5. The van der Waals surface area contributed by atoms with Gasteiger partial charge in [-0.25, -0.2) is 4.79 Å². The number of carbonyl (C=O) groups excluding carboxylic acids is 1. The monoisotopic (exact) mass is 505 g/mol. The van der Waals surface area contributed by atoms with E-state index in [0.29, 0.717) is 25.5 Å². The quantitative estimate of drug-likeness (QED) is 0.409. The van der Waals surface area contributed by atoms with Gasteiger partial charge in [-0.2, -0.15) is 0 Å². The first-order chi connectivity index (χ1) is 16.3. The van der Waals surface area contributed by atoms with Gasteiger partial charge in [0.15, 0.2) is 15.3 Å². The second-order valence-electron chi connectivity index (χ2n) is 12.6. The Labute approximate surface area is 214 Å². The van der Waals surface area contributed by atoms with E-state index in [-0.39, 0.29) is 17.8 Å². The average Bonchev–Trinajstić information content (AvgIpc) is 3.11. The van der Waals surface area contributed by atoms with E-state index in [1.165, 1.54) is 0 Å². The Hall–Kier alpha value is -1.41. The molecule has 0 aromatic heterocycles. The first-order valence-corrected chi connectivity index (χ1v) is 16.0. The fraction of sp³-hybridized carbons (Fsp3) is 0.750. The number of rotatable bonds is 7. The number of benzene rings is 1. The smallest absolute Gasteiger partial charge is 0.412 e. The Bertz CT molecular complexity index is 823. The minimum atomic E-state index is -1.47. The molecular weight excluding hydrogens is 458 g/mol. The summed E-state index contributed by atoms with van der Waals surface area (Å²) < 4.78 is 24.3. The molecule has 0 radical (unpaired) electrons. The highest BCUT2D eigenvalue weighted by molar-refractivity contribution is 6.48. The van der Waals surface area contributed by atoms with Crippen LogP contribution in [0.4, 0.5) is 4.79 Å². The zero-order valence-electron chi connectivity index (χ0n) is 23.2. The summed E-state index contributed by atoms with van der Waals surface area (Å²) in [7, 11) is -1.47. The van der Waals surface area contributed by atoms with Crippen LogP contribution in [-0.4, -0.2) is 50.8 Å². The van der Waals surface area contributed by atoms with Gasteiger partial charge in [-0.15, -0.1) is 0 Å². The molecule has 1 unspecified atom stereocenters. The van der Waals surface area contributed by atoms with Crippen molar-refractivity contribution in [2.45, 2.75) is 111 Å². The summed E-state index contributed by atoms with van der Waals surface area (Å²) in [6.45, 7) is 18.8. The van der Waals surface area contributed by atoms with E-state index in [1.54, 1.807) is 0 Å². The van der Waals surface area contributed by atoms with Crippen molar-refractivity contribution >= 4 is 15.1 Å². The van der Waals surface area contributed by atoms with Crippen molar-refractivity contribution in [2.75, 3.05) is 13.2 Å². The summed E-state index contributed by atoms with van der Waals surface area (Å²) in [6.07, 6.45) is 4.33. The molecule has 0 aliphatic carbocycles. The molecule has 6 nitrogen and oxygen atoms in total. The normalized spacial score (nSPS) is 25.8. The molecule has 1 amide bonds. The molecule has 0 bridgehead atoms. The third-order valence-electron chi connectivity index (χ3n) is 6.83. The van der Waals surface area contributed by atoms with Crippen molar-refractivity contribution in [3.8, 4) is 0 Å². The van der Waals surface area contributed by atoms with Crippen LogP contribution in [0.2, 0.25) is 13.1 Å². The molecule has 7 heteroatoms. The van der Waals surface area contributed by atoms with Crippen molar-refractivity contribution in [1.29, 1.82) is 0 Å². The summed E-state index contributed by atoms with van der Waals surface area (Å²) in [4.78, 5) is 15.3. The van der Waals surface area contributed by atoms with Crippen LogP contribution in [0.3, 0.4) is 0 Å². The molecule has 2 aliphatic rings. The number of likely N-dealkylation sites (tertiary alicyclic amines) is 1. The average molecular weight is 506 g/mol. The topological polar surface area (TPSA) is 57.2 Å². The summed E-state index contributed by atoms with van der Waals surface area (Å²) in [5.74, 6) is 0.325. The summed E-state index contributed by atoms with van der Waals surface area (Å²) >= 11 is 0. The van der Waals surface area contributed by atoms with Crippen molar-refractivity contribution < 1.29 is 23.4 Å². The molecule has 0 saturated carbocycles. The van der Waals surface area contributed by atoms with Crippen molar-refractivity contribution in [1.82, 2.24) is 4.90 Å². The van der Waals surface area contributed by atoms with Crippen LogP contribution < -0.4 is 0 Å². The molecular formula is C28H47NO5Si. The molecule has 2 saturated heterocycles. The minimum absolute atomic E-state index is 0.0618. The van der Waals surface area contributed by atoms with Crippen LogP contribution in [0.5, 0.6) is 0 Å². The Kier molecular flexibility index (Phi) is 9.11. The van der Waals surface area contributed by atoms with E-state index in [2.05, 4.69) is 58.1 Å². The van der Waals surface area contributed by atoms with Gasteiger partial charge in [0.1, 0.15) is 11.3 Å². The largest absolute Gasteiger partial charge is 0.444 e. The van der Waals surface area contributed by atoms with Gasteiger partial charge in [-0.3, -0.25) is 4.90 Å². The highest BCUT2D eigenvalue weighted by atomic mass is 28.3. The van der Waals surface area contributed by atoms with E-state index in [4.69, 9.17) is 18.6 Å². The lowest BCUT2D eigenvalue weighted by Crippen LogP contribution is -2.54. The Morgan fingerprint density at radius 2 is 1.74 bits per heavy atom. The number of nitrogens with zero attached hydrogens (tertiary/aromatic N) is 1. The van der Waals surface area contributed by atoms with Gasteiger partial charge in [0.05, 0.1) is 6.61 Å². The van der Waals surface area contributed by atoms with Gasteiger partial charge in [0.25, 0.3) is 0 Å². The van der Waals surface area contributed by atoms with Gasteiger partial charge in [-0.1, -0.05) is 45.0 Å². The molecule has 35 heavy (non-hydrogen) atoms. The molecule has 0 spiro atoms. The Balaban J connectivity index is 1.80. The van der Waals surface area contributed by atoms with Crippen LogP contribution >= 0.6 is 0 Å². The van der Waals surface area contributed by atoms with E-state index in [9.17, 15) is 4.79 Å². The standard InChI is InChI=1S/C28H47NO5Si/c1-26(2,3)23-18-28(34-35(7)8,29(19-23)25(30)33-27(4,5)6)17-21-12-14-22(15-13-21)20-32-24-11-9-10-16-31-24/h12-15,23-24,35H,9-11,16-20H2,1-8H3/t23-,24?,28-/m0/s1. The van der Waals surface area contributed by atoms with Crippen LogP contribution in [-0.2, 0) is 31.7 Å². The Morgan fingerprint density at radius 3 is 2.29 bits per heavy atom. The van der Waals surface area contributed by atoms with Crippen molar-refractivity contribution in [3.05, 3.63) is 35.4 Å². The van der Waals surface area contributed by atoms with Crippen LogP contribution in [0, 0.1) is 11.3 Å². The maximum absolute atomic E-state index is 13.4. The molecule has 2 heterocycles. The van der Waals surface area contributed by atoms with Gasteiger partial charge >= 0.3 is 6.09 Å². The summed E-state index contributed by atoms with van der Waals surface area (Å²) in [6, 6.07) is 8.52. The predicted octanol–water partition coefficient (Wildman–Crippen LogP) is 6.27. The number of ether oxygens (including phenoxy) is 3. The zero-order chi connectivity index (χ0) is 25.9. The second kappa shape index (κ2) is 11.3. The lowest BCUT2D eigenvalue weighted by molar-refractivity contribution is -0.168. The summed E-state index contributed by atoms with van der Waals surface area (Å²) in [5.41, 5.74) is 1.10. The number of carbonyl (C=O) groups is 1. The van der Waals surface area contributed by atoms with Crippen LogP contribution in [0.25, 0.3) is 0 Å². The van der Waals surface area contributed by atoms with E-state index < -0.39 is 20.4 Å². The van der Waals surface area contributed by atoms with Crippen molar-refractivity contribution in [2.24, 2.45) is 11.3 Å². The molecule has 1 aromatic rings. The van der Waals surface area contributed by atoms with E-state index >= 15 is 0 Å². The molecule has 1 aromatic carbocycles. The fourth-order valence-electron chi connectivity index (χ4n) is 4.95. The molecule has 3 atom stereocenters. The van der Waals surface area contributed by atoms with Gasteiger partial charge in [0, 0.05) is 19.6 Å². The molecule has 0 N–H and O–H groups in total. The van der Waals surface area contributed by atoms with Crippen LogP contribution in [0.1, 0.15) is 78.4 Å². The highest BCUT2D eigenvalue weighted by Gasteiger charge is 2.53. The zero-order valence-corrected chi connectivity index (χ0v) is 24.3. The molecule has 198 valence electrons. The van der Waals surface area contributed by atoms with E-state index in [0.717, 1.165) is 43.4 Å². The fourth-order valence-corrected chi connectivity index (χ4v) is 6.13. The molecule has 3 rings (SSSR count). The first-order valence-electron chi connectivity index (χ1n) is 13.3. The lowest BCUT2D eigenvalue weighted by atomic mass is 9.78. The van der Waals surface area contributed by atoms with Gasteiger partial charge < -0.3 is 18.6 Å². The number of amides is 1. The van der Waals surface area contributed by atoms with Gasteiger partial charge in [-0.05, 0) is 82.0 Å². The number of hydrogen-bond donors (Lipinski definition) is 0. The molecule has 2 aliphatic heterocycles. The van der Waals surface area contributed by atoms with Gasteiger partial charge in [0.2, 0.25) is 0 Å². The maximum atomic E-state index is 13.4. The van der Waals surface area contributed by atoms with E-state index in [1.807, 2.05) is 25.7 Å². The highest BCUT2D eigenvalue weighted by Crippen LogP contribution is 2.45.